The molecular formula is C11H17N3. The van der Waals surface area contributed by atoms with Gasteiger partial charge in [-0.1, -0.05) is 13.8 Å². The highest BCUT2D eigenvalue weighted by Gasteiger charge is 2.02. The monoisotopic (exact) mass is 191 g/mol. The Bertz CT molecular complexity index is 429. The number of rotatable bonds is 0. The fraction of sp³-hybridized carbons (Fsp3) is 0.364. The van der Waals surface area contributed by atoms with E-state index in [0.717, 1.165) is 11.2 Å². The van der Waals surface area contributed by atoms with Crippen LogP contribution in [0, 0.1) is 6.92 Å². The Morgan fingerprint density at radius 1 is 1.29 bits per heavy atom. The summed E-state index contributed by atoms with van der Waals surface area (Å²) in [6.45, 7) is 6.04. The van der Waals surface area contributed by atoms with Crippen molar-refractivity contribution in [3.63, 3.8) is 0 Å². The molecule has 0 saturated carbocycles. The van der Waals surface area contributed by atoms with E-state index in [1.54, 1.807) is 0 Å². The molecule has 3 heteroatoms. The van der Waals surface area contributed by atoms with E-state index in [1.165, 1.54) is 10.9 Å². The normalized spacial score (nSPS) is 9.71. The number of nitrogens with two attached hydrogens (primary N) is 1. The number of nitrogen functional groups attached to an aromatic ring is 1. The predicted molar refractivity (Wildman–Crippen MR) is 61.2 cm³/mol. The molecule has 1 aromatic carbocycles. The number of anilines is 1. The molecule has 0 saturated heterocycles. The maximum absolute atomic E-state index is 5.71. The smallest absolute Gasteiger partial charge is 0.0702 e. The lowest BCUT2D eigenvalue weighted by atomic mass is 10.1. The molecule has 76 valence electrons. The second-order valence-electron chi connectivity index (χ2n) is 3.04. The second-order valence-corrected chi connectivity index (χ2v) is 3.04. The molecule has 0 unspecified atom stereocenters. The van der Waals surface area contributed by atoms with Gasteiger partial charge in [0.25, 0.3) is 0 Å². The Balaban J connectivity index is 0.000000461. The van der Waals surface area contributed by atoms with Crippen molar-refractivity contribution in [2.75, 3.05) is 5.73 Å². The van der Waals surface area contributed by atoms with Crippen LogP contribution in [0.5, 0.6) is 0 Å². The maximum Gasteiger partial charge on any atom is 0.0702 e. The molecule has 0 amide bonds. The summed E-state index contributed by atoms with van der Waals surface area (Å²) >= 11 is 0. The van der Waals surface area contributed by atoms with E-state index in [2.05, 4.69) is 5.10 Å². The molecule has 0 bridgehead atoms. The lowest BCUT2D eigenvalue weighted by Crippen LogP contribution is -1.91. The molecule has 0 aliphatic heterocycles. The van der Waals surface area contributed by atoms with Gasteiger partial charge in [0, 0.05) is 18.1 Å². The van der Waals surface area contributed by atoms with Crippen molar-refractivity contribution >= 4 is 16.6 Å². The number of aryl methyl sites for hydroxylation is 2. The number of hydrogen-bond donors (Lipinski definition) is 1. The number of benzene rings is 1. The minimum atomic E-state index is 0.795. The summed E-state index contributed by atoms with van der Waals surface area (Å²) in [6.07, 6.45) is 1.87. The Morgan fingerprint density at radius 2 is 1.93 bits per heavy atom. The van der Waals surface area contributed by atoms with Gasteiger partial charge >= 0.3 is 0 Å². The standard InChI is InChI=1S/C9H11N3.C2H6/c1-6-3-7(10)4-9-8(6)5-11-12(9)2;1-2/h3-5H,10H2,1-2H3;1-2H3. The SMILES string of the molecule is CC.Cc1cc(N)cc2c1cnn2C. The van der Waals surface area contributed by atoms with Crippen molar-refractivity contribution < 1.29 is 0 Å². The molecule has 0 fully saturated rings. The topological polar surface area (TPSA) is 43.8 Å². The van der Waals surface area contributed by atoms with Crippen molar-refractivity contribution in [3.05, 3.63) is 23.9 Å². The molecular weight excluding hydrogens is 174 g/mol. The summed E-state index contributed by atoms with van der Waals surface area (Å²) in [4.78, 5) is 0. The van der Waals surface area contributed by atoms with Gasteiger partial charge in [-0.15, -0.1) is 0 Å². The lowest BCUT2D eigenvalue weighted by molar-refractivity contribution is 0.797. The largest absolute Gasteiger partial charge is 0.399 e. The quantitative estimate of drug-likeness (QED) is 0.650. The Labute approximate surface area is 84.5 Å². The molecule has 2 rings (SSSR count). The summed E-state index contributed by atoms with van der Waals surface area (Å²) in [5.74, 6) is 0. The van der Waals surface area contributed by atoms with E-state index >= 15 is 0 Å². The van der Waals surface area contributed by atoms with Crippen LogP contribution in [0.4, 0.5) is 5.69 Å². The Morgan fingerprint density at radius 3 is 2.57 bits per heavy atom. The van der Waals surface area contributed by atoms with E-state index in [0.29, 0.717) is 0 Å². The third-order valence-electron chi connectivity index (χ3n) is 2.10. The van der Waals surface area contributed by atoms with Crippen molar-refractivity contribution in [1.82, 2.24) is 9.78 Å². The molecule has 0 spiro atoms. The molecule has 2 N–H and O–H groups in total. The number of fused-ring (bicyclic) bond motifs is 1. The zero-order chi connectivity index (χ0) is 10.7. The van der Waals surface area contributed by atoms with Gasteiger partial charge in [0.2, 0.25) is 0 Å². The minimum Gasteiger partial charge on any atom is -0.399 e. The van der Waals surface area contributed by atoms with Crippen molar-refractivity contribution in [1.29, 1.82) is 0 Å². The lowest BCUT2D eigenvalue weighted by Gasteiger charge is -1.99. The van der Waals surface area contributed by atoms with Crippen LogP contribution < -0.4 is 5.73 Å². The summed E-state index contributed by atoms with van der Waals surface area (Å²) in [5.41, 5.74) is 8.78. The van der Waals surface area contributed by atoms with Crippen LogP contribution in [0.15, 0.2) is 18.3 Å². The van der Waals surface area contributed by atoms with Crippen LogP contribution in [0.2, 0.25) is 0 Å². The van der Waals surface area contributed by atoms with Gasteiger partial charge in [0.05, 0.1) is 11.7 Å². The fourth-order valence-electron chi connectivity index (χ4n) is 1.45. The van der Waals surface area contributed by atoms with Crippen LogP contribution in [0.3, 0.4) is 0 Å². The first-order chi connectivity index (χ1) is 6.68. The van der Waals surface area contributed by atoms with E-state index in [9.17, 15) is 0 Å². The molecule has 14 heavy (non-hydrogen) atoms. The van der Waals surface area contributed by atoms with Crippen LogP contribution >= 0.6 is 0 Å². The number of hydrogen-bond acceptors (Lipinski definition) is 2. The first-order valence-corrected chi connectivity index (χ1v) is 4.86. The van der Waals surface area contributed by atoms with Crippen molar-refractivity contribution in [2.24, 2.45) is 7.05 Å². The van der Waals surface area contributed by atoms with E-state index in [1.807, 2.05) is 50.8 Å². The summed E-state index contributed by atoms with van der Waals surface area (Å²) in [6, 6.07) is 3.90. The maximum atomic E-state index is 5.71. The zero-order valence-corrected chi connectivity index (χ0v) is 9.20. The van der Waals surface area contributed by atoms with Gasteiger partial charge in [-0.05, 0) is 24.6 Å². The highest BCUT2D eigenvalue weighted by molar-refractivity contribution is 5.85. The number of aromatic nitrogens is 2. The van der Waals surface area contributed by atoms with Crippen LogP contribution in [0.1, 0.15) is 19.4 Å². The average Bonchev–Trinajstić information content (AvgIpc) is 2.52. The third kappa shape index (κ3) is 1.71. The zero-order valence-electron chi connectivity index (χ0n) is 9.20. The molecule has 1 aromatic heterocycles. The summed E-state index contributed by atoms with van der Waals surface area (Å²) < 4.78 is 1.83. The Hall–Kier alpha value is -1.51. The summed E-state index contributed by atoms with van der Waals surface area (Å²) in [5, 5.41) is 5.33. The highest BCUT2D eigenvalue weighted by Crippen LogP contribution is 2.20. The molecule has 0 atom stereocenters. The van der Waals surface area contributed by atoms with Crippen LogP contribution in [0.25, 0.3) is 10.9 Å². The fourth-order valence-corrected chi connectivity index (χ4v) is 1.45. The van der Waals surface area contributed by atoms with Gasteiger partial charge in [0.15, 0.2) is 0 Å². The predicted octanol–water partition coefficient (Wildman–Crippen LogP) is 2.49. The van der Waals surface area contributed by atoms with Crippen LogP contribution in [-0.2, 0) is 7.05 Å². The molecule has 0 radical (unpaired) electrons. The van der Waals surface area contributed by atoms with E-state index < -0.39 is 0 Å². The van der Waals surface area contributed by atoms with Gasteiger partial charge in [-0.25, -0.2) is 0 Å². The summed E-state index contributed by atoms with van der Waals surface area (Å²) in [7, 11) is 1.92. The van der Waals surface area contributed by atoms with Gasteiger partial charge in [0.1, 0.15) is 0 Å². The molecule has 0 aliphatic carbocycles. The van der Waals surface area contributed by atoms with Crippen molar-refractivity contribution in [2.45, 2.75) is 20.8 Å². The first-order valence-electron chi connectivity index (χ1n) is 4.86. The highest BCUT2D eigenvalue weighted by atomic mass is 15.2. The first kappa shape index (κ1) is 10.6. The van der Waals surface area contributed by atoms with E-state index in [4.69, 9.17) is 5.73 Å². The molecule has 0 aliphatic rings. The molecule has 3 nitrogen and oxygen atoms in total. The molecule has 2 aromatic rings. The number of nitrogens with zero attached hydrogens (tertiary/aromatic N) is 2. The average molecular weight is 191 g/mol. The van der Waals surface area contributed by atoms with Gasteiger partial charge in [-0.3, -0.25) is 4.68 Å². The minimum absolute atomic E-state index is 0.795. The Kier molecular flexibility index (Phi) is 3.12. The van der Waals surface area contributed by atoms with E-state index in [-0.39, 0.29) is 0 Å². The third-order valence-corrected chi connectivity index (χ3v) is 2.10. The van der Waals surface area contributed by atoms with Crippen molar-refractivity contribution in [3.8, 4) is 0 Å². The van der Waals surface area contributed by atoms with Gasteiger partial charge < -0.3 is 5.73 Å². The van der Waals surface area contributed by atoms with Gasteiger partial charge in [-0.2, -0.15) is 5.10 Å². The molecule has 1 heterocycles. The van der Waals surface area contributed by atoms with Crippen LogP contribution in [-0.4, -0.2) is 9.78 Å². The second kappa shape index (κ2) is 4.13.